The first kappa shape index (κ1) is 14.3. The number of carbonyl (C=O) groups is 1. The van der Waals surface area contributed by atoms with Crippen LogP contribution in [0.2, 0.25) is 5.02 Å². The number of hydrogen-bond acceptors (Lipinski definition) is 5. The molecular weight excluding hydrogens is 308 g/mol. The van der Waals surface area contributed by atoms with Crippen LogP contribution in [0.1, 0.15) is 12.8 Å². The minimum atomic E-state index is 0.0393. The second-order valence-electron chi connectivity index (χ2n) is 4.92. The second kappa shape index (κ2) is 6.41. The largest absolute Gasteiger partial charge is 0.357 e. The van der Waals surface area contributed by atoms with E-state index < -0.39 is 0 Å². The van der Waals surface area contributed by atoms with Crippen LogP contribution < -0.4 is 10.2 Å². The molecule has 1 saturated heterocycles. The third-order valence-electron chi connectivity index (χ3n) is 3.56. The van der Waals surface area contributed by atoms with Crippen LogP contribution in [0.3, 0.4) is 0 Å². The Balaban J connectivity index is 1.55. The van der Waals surface area contributed by atoms with Gasteiger partial charge in [-0.3, -0.25) is 4.79 Å². The molecule has 21 heavy (non-hydrogen) atoms. The Kier molecular flexibility index (Phi) is 4.36. The molecule has 1 N–H and O–H groups in total. The Morgan fingerprint density at radius 1 is 1.33 bits per heavy atom. The fourth-order valence-electron chi connectivity index (χ4n) is 2.42. The number of rotatable bonds is 3. The van der Waals surface area contributed by atoms with Gasteiger partial charge in [-0.15, -0.1) is 11.3 Å². The minimum absolute atomic E-state index is 0.0393. The lowest BCUT2D eigenvalue weighted by atomic mass is 9.96. The normalized spacial score (nSPS) is 16.0. The lowest BCUT2D eigenvalue weighted by molar-refractivity contribution is -0.120. The van der Waals surface area contributed by atoms with E-state index in [1.54, 1.807) is 12.4 Å². The van der Waals surface area contributed by atoms with Crippen molar-refractivity contribution in [1.82, 2.24) is 9.97 Å². The molecule has 3 heterocycles. The summed E-state index contributed by atoms with van der Waals surface area (Å²) < 4.78 is 0. The van der Waals surface area contributed by atoms with Gasteiger partial charge in [-0.25, -0.2) is 9.97 Å². The lowest BCUT2D eigenvalue weighted by Gasteiger charge is -2.31. The second-order valence-corrected chi connectivity index (χ2v) is 6.25. The predicted molar refractivity (Wildman–Crippen MR) is 84.9 cm³/mol. The van der Waals surface area contributed by atoms with Gasteiger partial charge in [0, 0.05) is 36.8 Å². The molecule has 1 fully saturated rings. The maximum absolute atomic E-state index is 12.2. The maximum Gasteiger partial charge on any atom is 0.229 e. The summed E-state index contributed by atoms with van der Waals surface area (Å²) >= 11 is 7.28. The highest BCUT2D eigenvalue weighted by Crippen LogP contribution is 2.24. The maximum atomic E-state index is 12.2. The molecule has 2 aromatic rings. The van der Waals surface area contributed by atoms with E-state index in [0.29, 0.717) is 10.2 Å². The molecular formula is C14H15ClN4OS. The zero-order valence-electron chi connectivity index (χ0n) is 11.3. The monoisotopic (exact) mass is 322 g/mol. The minimum Gasteiger partial charge on any atom is -0.357 e. The summed E-state index contributed by atoms with van der Waals surface area (Å²) in [6, 6.07) is 3.75. The Labute approximate surface area is 132 Å². The van der Waals surface area contributed by atoms with Crippen LogP contribution in [-0.4, -0.2) is 29.0 Å². The number of carbonyl (C=O) groups excluding carboxylic acids is 1. The highest BCUT2D eigenvalue weighted by atomic mass is 35.5. The van der Waals surface area contributed by atoms with Gasteiger partial charge in [-0.1, -0.05) is 11.6 Å². The smallest absolute Gasteiger partial charge is 0.229 e. The number of halogens is 1. The molecule has 110 valence electrons. The van der Waals surface area contributed by atoms with Crippen LogP contribution in [0.4, 0.5) is 10.9 Å². The van der Waals surface area contributed by atoms with E-state index in [9.17, 15) is 4.79 Å². The van der Waals surface area contributed by atoms with Gasteiger partial charge >= 0.3 is 0 Å². The fourth-order valence-corrected chi connectivity index (χ4v) is 3.06. The number of nitrogens with one attached hydrogen (secondary N) is 1. The van der Waals surface area contributed by atoms with E-state index in [1.165, 1.54) is 11.3 Å². The molecule has 5 nitrogen and oxygen atoms in total. The molecule has 7 heteroatoms. The average Bonchev–Trinajstić information content (AvgIpc) is 3.01. The quantitative estimate of drug-likeness (QED) is 0.943. The molecule has 0 bridgehead atoms. The van der Waals surface area contributed by atoms with Gasteiger partial charge in [0.2, 0.25) is 5.91 Å². The Hall–Kier alpha value is -1.66. The van der Waals surface area contributed by atoms with Crippen molar-refractivity contribution in [3.05, 3.63) is 34.9 Å². The van der Waals surface area contributed by atoms with Gasteiger partial charge in [0.15, 0.2) is 5.13 Å². The summed E-state index contributed by atoms with van der Waals surface area (Å²) in [5.41, 5.74) is 0. The number of aromatic nitrogens is 2. The highest BCUT2D eigenvalue weighted by molar-refractivity contribution is 7.13. The summed E-state index contributed by atoms with van der Waals surface area (Å²) in [6.07, 6.45) is 4.98. The molecule has 0 unspecified atom stereocenters. The number of anilines is 2. The highest BCUT2D eigenvalue weighted by Gasteiger charge is 2.25. The van der Waals surface area contributed by atoms with Crippen molar-refractivity contribution in [2.75, 3.05) is 23.3 Å². The summed E-state index contributed by atoms with van der Waals surface area (Å²) in [5, 5.41) is 6.03. The third kappa shape index (κ3) is 3.51. The summed E-state index contributed by atoms with van der Waals surface area (Å²) in [4.78, 5) is 22.7. The van der Waals surface area contributed by atoms with Gasteiger partial charge in [-0.05, 0) is 25.0 Å². The average molecular weight is 323 g/mol. The third-order valence-corrected chi connectivity index (χ3v) is 4.48. The van der Waals surface area contributed by atoms with Crippen molar-refractivity contribution >= 4 is 39.8 Å². The predicted octanol–water partition coefficient (Wildman–Crippen LogP) is 3.05. The van der Waals surface area contributed by atoms with Gasteiger partial charge in [0.25, 0.3) is 0 Å². The molecule has 0 atom stereocenters. The molecule has 1 aliphatic rings. The molecule has 0 spiro atoms. The van der Waals surface area contributed by atoms with E-state index in [4.69, 9.17) is 11.6 Å². The number of thiazole rings is 1. The molecule has 0 aliphatic carbocycles. The van der Waals surface area contributed by atoms with Gasteiger partial charge in [0.1, 0.15) is 5.82 Å². The van der Waals surface area contributed by atoms with Crippen LogP contribution >= 0.6 is 22.9 Å². The number of piperidine rings is 1. The van der Waals surface area contributed by atoms with Crippen LogP contribution in [0.15, 0.2) is 29.9 Å². The lowest BCUT2D eigenvalue weighted by Crippen LogP contribution is -2.38. The molecule has 0 saturated carbocycles. The molecule has 3 rings (SSSR count). The first-order valence-electron chi connectivity index (χ1n) is 6.79. The topological polar surface area (TPSA) is 58.1 Å². The first-order chi connectivity index (χ1) is 10.2. The molecule has 0 aromatic carbocycles. The standard InChI is InChI=1S/C14H15ClN4OS/c15-11-1-2-12(17-9-11)19-6-3-10(4-7-19)13(20)18-14-16-5-8-21-14/h1-2,5,8-10H,3-4,6-7H2,(H,16,18,20). The number of pyridine rings is 1. The molecule has 1 aliphatic heterocycles. The van der Waals surface area contributed by atoms with Crippen molar-refractivity contribution in [3.63, 3.8) is 0 Å². The van der Waals surface area contributed by atoms with Crippen LogP contribution in [-0.2, 0) is 4.79 Å². The van der Waals surface area contributed by atoms with Gasteiger partial charge < -0.3 is 10.2 Å². The van der Waals surface area contributed by atoms with Crippen molar-refractivity contribution < 1.29 is 4.79 Å². The van der Waals surface area contributed by atoms with Crippen LogP contribution in [0.25, 0.3) is 0 Å². The van der Waals surface area contributed by atoms with Crippen LogP contribution in [0, 0.1) is 5.92 Å². The first-order valence-corrected chi connectivity index (χ1v) is 8.05. The number of hydrogen-bond donors (Lipinski definition) is 1. The number of amides is 1. The summed E-state index contributed by atoms with van der Waals surface area (Å²) in [7, 11) is 0. The van der Waals surface area contributed by atoms with E-state index in [2.05, 4.69) is 20.2 Å². The van der Waals surface area contributed by atoms with Crippen molar-refractivity contribution in [2.45, 2.75) is 12.8 Å². The fraction of sp³-hybridized carbons (Fsp3) is 0.357. The van der Waals surface area contributed by atoms with E-state index in [-0.39, 0.29) is 11.8 Å². The van der Waals surface area contributed by atoms with Crippen molar-refractivity contribution in [1.29, 1.82) is 0 Å². The zero-order chi connectivity index (χ0) is 14.7. The number of nitrogens with zero attached hydrogens (tertiary/aromatic N) is 3. The summed E-state index contributed by atoms with van der Waals surface area (Å²) in [6.45, 7) is 1.65. The molecule has 2 aromatic heterocycles. The van der Waals surface area contributed by atoms with Crippen LogP contribution in [0.5, 0.6) is 0 Å². The SMILES string of the molecule is O=C(Nc1nccs1)C1CCN(c2ccc(Cl)cn2)CC1. The van der Waals surface area contributed by atoms with Gasteiger partial charge in [0.05, 0.1) is 5.02 Å². The van der Waals surface area contributed by atoms with E-state index >= 15 is 0 Å². The van der Waals surface area contributed by atoms with E-state index in [0.717, 1.165) is 31.7 Å². The summed E-state index contributed by atoms with van der Waals surface area (Å²) in [5.74, 6) is 1.02. The van der Waals surface area contributed by atoms with E-state index in [1.807, 2.05) is 17.5 Å². The van der Waals surface area contributed by atoms with Crippen molar-refractivity contribution in [2.24, 2.45) is 5.92 Å². The zero-order valence-corrected chi connectivity index (χ0v) is 12.9. The van der Waals surface area contributed by atoms with Crippen molar-refractivity contribution in [3.8, 4) is 0 Å². The molecule has 0 radical (unpaired) electrons. The Morgan fingerprint density at radius 3 is 2.76 bits per heavy atom. The Morgan fingerprint density at radius 2 is 2.14 bits per heavy atom. The van der Waals surface area contributed by atoms with Gasteiger partial charge in [-0.2, -0.15) is 0 Å². The molecule has 1 amide bonds. The Bertz CT molecular complexity index is 594.